The fourth-order valence-corrected chi connectivity index (χ4v) is 1.54. The molecule has 0 aliphatic carbocycles. The second-order valence-corrected chi connectivity index (χ2v) is 4.55. The van der Waals surface area contributed by atoms with Crippen LogP contribution < -0.4 is 10.1 Å². The van der Waals surface area contributed by atoms with Crippen molar-refractivity contribution in [3.05, 3.63) is 52.7 Å². The van der Waals surface area contributed by atoms with E-state index in [2.05, 4.69) is 10.3 Å². The van der Waals surface area contributed by atoms with Gasteiger partial charge in [-0.1, -0.05) is 0 Å². The molecule has 0 aliphatic heterocycles. The van der Waals surface area contributed by atoms with Crippen molar-refractivity contribution in [3.8, 4) is 11.5 Å². The SMILES string of the molecule is CN(C)C(=O)Nc1cc(Oc2ccc([N+](=O)[O-])cc2)ccn1. The highest BCUT2D eigenvalue weighted by Crippen LogP contribution is 2.24. The van der Waals surface area contributed by atoms with Crippen molar-refractivity contribution in [2.24, 2.45) is 0 Å². The molecule has 1 aromatic heterocycles. The van der Waals surface area contributed by atoms with Gasteiger partial charge >= 0.3 is 6.03 Å². The maximum atomic E-state index is 11.6. The number of nitro groups is 1. The maximum Gasteiger partial charge on any atom is 0.322 e. The lowest BCUT2D eigenvalue weighted by atomic mass is 10.3. The van der Waals surface area contributed by atoms with E-state index in [1.54, 1.807) is 26.2 Å². The first kappa shape index (κ1) is 15.2. The van der Waals surface area contributed by atoms with Gasteiger partial charge in [0, 0.05) is 38.5 Å². The van der Waals surface area contributed by atoms with Crippen molar-refractivity contribution in [1.82, 2.24) is 9.88 Å². The number of nitro benzene ring substituents is 1. The Kier molecular flexibility index (Phi) is 4.52. The van der Waals surface area contributed by atoms with Gasteiger partial charge in [-0.25, -0.2) is 9.78 Å². The summed E-state index contributed by atoms with van der Waals surface area (Å²) in [7, 11) is 3.24. The Hall–Kier alpha value is -3.16. The fourth-order valence-electron chi connectivity index (χ4n) is 1.54. The molecule has 0 aliphatic rings. The average molecular weight is 302 g/mol. The Morgan fingerprint density at radius 3 is 2.50 bits per heavy atom. The number of amides is 2. The molecule has 0 unspecified atom stereocenters. The molecule has 0 saturated heterocycles. The molecule has 0 saturated carbocycles. The summed E-state index contributed by atoms with van der Waals surface area (Å²) in [4.78, 5) is 27.1. The van der Waals surface area contributed by atoms with Crippen LogP contribution >= 0.6 is 0 Å². The lowest BCUT2D eigenvalue weighted by Gasteiger charge is -2.12. The summed E-state index contributed by atoms with van der Waals surface area (Å²) in [5.74, 6) is 1.25. The van der Waals surface area contributed by atoms with Crippen molar-refractivity contribution in [1.29, 1.82) is 0 Å². The molecule has 2 amide bonds. The molecule has 1 heterocycles. The molecule has 2 aromatic rings. The first-order valence-corrected chi connectivity index (χ1v) is 6.32. The number of non-ortho nitro benzene ring substituents is 1. The molecule has 22 heavy (non-hydrogen) atoms. The number of benzene rings is 1. The zero-order valence-corrected chi connectivity index (χ0v) is 12.0. The summed E-state index contributed by atoms with van der Waals surface area (Å²) < 4.78 is 5.57. The van der Waals surface area contributed by atoms with Gasteiger partial charge in [0.25, 0.3) is 5.69 Å². The Labute approximate surface area is 126 Å². The van der Waals surface area contributed by atoms with Gasteiger partial charge in [-0.15, -0.1) is 0 Å². The molecule has 1 N–H and O–H groups in total. The Morgan fingerprint density at radius 2 is 1.91 bits per heavy atom. The van der Waals surface area contributed by atoms with Gasteiger partial charge < -0.3 is 9.64 Å². The van der Waals surface area contributed by atoms with Gasteiger partial charge in [-0.05, 0) is 18.2 Å². The minimum absolute atomic E-state index is 0.0130. The number of pyridine rings is 1. The smallest absolute Gasteiger partial charge is 0.322 e. The monoisotopic (exact) mass is 302 g/mol. The maximum absolute atomic E-state index is 11.6. The lowest BCUT2D eigenvalue weighted by molar-refractivity contribution is -0.384. The normalized spacial score (nSPS) is 9.91. The van der Waals surface area contributed by atoms with Crippen LogP contribution in [0.5, 0.6) is 11.5 Å². The first-order valence-electron chi connectivity index (χ1n) is 6.32. The molecule has 114 valence electrons. The van der Waals surface area contributed by atoms with E-state index in [0.717, 1.165) is 0 Å². The number of hydrogen-bond acceptors (Lipinski definition) is 5. The molecular weight excluding hydrogens is 288 g/mol. The van der Waals surface area contributed by atoms with Gasteiger partial charge in [-0.3, -0.25) is 15.4 Å². The number of ether oxygens (including phenoxy) is 1. The van der Waals surface area contributed by atoms with Crippen LogP contribution in [0.3, 0.4) is 0 Å². The van der Waals surface area contributed by atoms with Crippen LogP contribution in [-0.4, -0.2) is 34.9 Å². The van der Waals surface area contributed by atoms with Crippen molar-refractivity contribution in [2.45, 2.75) is 0 Å². The zero-order valence-electron chi connectivity index (χ0n) is 12.0. The number of nitrogens with zero attached hydrogens (tertiary/aromatic N) is 3. The third-order valence-corrected chi connectivity index (χ3v) is 2.66. The number of hydrogen-bond donors (Lipinski definition) is 1. The van der Waals surface area contributed by atoms with Crippen molar-refractivity contribution < 1.29 is 14.5 Å². The van der Waals surface area contributed by atoms with E-state index in [1.807, 2.05) is 0 Å². The number of carbonyl (C=O) groups is 1. The van der Waals surface area contributed by atoms with Gasteiger partial charge in [0.1, 0.15) is 17.3 Å². The number of urea groups is 1. The van der Waals surface area contributed by atoms with Crippen molar-refractivity contribution >= 4 is 17.5 Å². The first-order chi connectivity index (χ1) is 10.5. The van der Waals surface area contributed by atoms with Gasteiger partial charge in [0.2, 0.25) is 0 Å². The molecular formula is C14H14N4O4. The minimum Gasteiger partial charge on any atom is -0.457 e. The Bertz CT molecular complexity index is 685. The zero-order chi connectivity index (χ0) is 16.1. The minimum atomic E-state index is -0.481. The van der Waals surface area contributed by atoms with E-state index in [9.17, 15) is 14.9 Å². The Balaban J connectivity index is 2.09. The highest BCUT2D eigenvalue weighted by molar-refractivity contribution is 5.88. The molecule has 0 radical (unpaired) electrons. The molecule has 8 heteroatoms. The molecule has 8 nitrogen and oxygen atoms in total. The number of carbonyl (C=O) groups excluding carboxylic acids is 1. The quantitative estimate of drug-likeness (QED) is 0.691. The standard InChI is InChI=1S/C14H14N4O4/c1-17(2)14(19)16-13-9-12(7-8-15-13)22-11-5-3-10(4-6-11)18(20)21/h3-9H,1-2H3,(H,15,16,19). The van der Waals surface area contributed by atoms with E-state index in [4.69, 9.17) is 4.74 Å². The molecule has 0 fully saturated rings. The van der Waals surface area contributed by atoms with Gasteiger partial charge in [0.15, 0.2) is 0 Å². The summed E-state index contributed by atoms with van der Waals surface area (Å²) in [6.07, 6.45) is 1.49. The fraction of sp³-hybridized carbons (Fsp3) is 0.143. The van der Waals surface area contributed by atoms with Crippen molar-refractivity contribution in [3.63, 3.8) is 0 Å². The van der Waals surface area contributed by atoms with Crippen molar-refractivity contribution in [2.75, 3.05) is 19.4 Å². The summed E-state index contributed by atoms with van der Waals surface area (Å²) in [5, 5.41) is 13.2. The van der Waals surface area contributed by atoms with E-state index < -0.39 is 4.92 Å². The number of aromatic nitrogens is 1. The summed E-state index contributed by atoms with van der Waals surface area (Å²) in [5.41, 5.74) is -0.0130. The molecule has 0 atom stereocenters. The van der Waals surface area contributed by atoms with Crippen LogP contribution in [0, 0.1) is 10.1 Å². The van der Waals surface area contributed by atoms with E-state index in [1.165, 1.54) is 35.4 Å². The van der Waals surface area contributed by atoms with Crippen LogP contribution in [0.25, 0.3) is 0 Å². The molecule has 0 bridgehead atoms. The van der Waals surface area contributed by atoms with E-state index in [0.29, 0.717) is 17.3 Å². The highest BCUT2D eigenvalue weighted by Gasteiger charge is 2.08. The number of nitrogens with one attached hydrogen (secondary N) is 1. The second-order valence-electron chi connectivity index (χ2n) is 4.55. The third-order valence-electron chi connectivity index (χ3n) is 2.66. The largest absolute Gasteiger partial charge is 0.457 e. The average Bonchev–Trinajstić information content (AvgIpc) is 2.48. The van der Waals surface area contributed by atoms with Crippen LogP contribution in [0.15, 0.2) is 42.6 Å². The van der Waals surface area contributed by atoms with Crippen LogP contribution in [0.1, 0.15) is 0 Å². The summed E-state index contributed by atoms with van der Waals surface area (Å²) >= 11 is 0. The predicted molar refractivity (Wildman–Crippen MR) is 80.1 cm³/mol. The van der Waals surface area contributed by atoms with Gasteiger partial charge in [0.05, 0.1) is 4.92 Å². The second kappa shape index (κ2) is 6.53. The predicted octanol–water partition coefficient (Wildman–Crippen LogP) is 2.88. The molecule has 1 aromatic carbocycles. The highest BCUT2D eigenvalue weighted by atomic mass is 16.6. The molecule has 0 spiro atoms. The lowest BCUT2D eigenvalue weighted by Crippen LogP contribution is -2.27. The van der Waals surface area contributed by atoms with Crippen LogP contribution in [0.4, 0.5) is 16.3 Å². The third kappa shape index (κ3) is 3.92. The number of rotatable bonds is 4. The van der Waals surface area contributed by atoms with E-state index >= 15 is 0 Å². The van der Waals surface area contributed by atoms with Crippen LogP contribution in [0.2, 0.25) is 0 Å². The van der Waals surface area contributed by atoms with Crippen LogP contribution in [-0.2, 0) is 0 Å². The Morgan fingerprint density at radius 1 is 1.23 bits per heavy atom. The summed E-state index contributed by atoms with van der Waals surface area (Å²) in [6.45, 7) is 0. The van der Waals surface area contributed by atoms with E-state index in [-0.39, 0.29) is 11.7 Å². The molecule has 2 rings (SSSR count). The van der Waals surface area contributed by atoms with Gasteiger partial charge in [-0.2, -0.15) is 0 Å². The summed E-state index contributed by atoms with van der Waals surface area (Å²) in [6, 6.07) is 8.57. The number of anilines is 1. The topological polar surface area (TPSA) is 97.6 Å².